The first-order chi connectivity index (χ1) is 14.7. The molecular formula is C22H21N5O3. The summed E-state index contributed by atoms with van der Waals surface area (Å²) >= 11 is 0. The highest BCUT2D eigenvalue weighted by molar-refractivity contribution is 5.97. The van der Waals surface area contributed by atoms with Gasteiger partial charge >= 0.3 is 0 Å². The maximum absolute atomic E-state index is 12.8. The summed E-state index contributed by atoms with van der Waals surface area (Å²) in [5, 5.41) is 13.4. The maximum Gasteiger partial charge on any atom is 0.274 e. The molecule has 0 atom stereocenters. The molecule has 0 aliphatic rings. The second kappa shape index (κ2) is 8.71. The minimum absolute atomic E-state index is 0.201. The zero-order chi connectivity index (χ0) is 20.9. The molecule has 0 saturated heterocycles. The fourth-order valence-electron chi connectivity index (χ4n) is 3.41. The van der Waals surface area contributed by atoms with Crippen molar-refractivity contribution in [2.24, 2.45) is 0 Å². The molecule has 4 rings (SSSR count). The van der Waals surface area contributed by atoms with Crippen molar-refractivity contribution in [1.82, 2.24) is 24.8 Å². The fourth-order valence-corrected chi connectivity index (χ4v) is 3.41. The van der Waals surface area contributed by atoms with Gasteiger partial charge in [0.25, 0.3) is 11.5 Å². The summed E-state index contributed by atoms with van der Waals surface area (Å²) in [5.41, 5.74) is 4.34. The molecule has 0 fully saturated rings. The molecule has 0 saturated carbocycles. The third-order valence-electron chi connectivity index (χ3n) is 4.98. The second-order valence-corrected chi connectivity index (χ2v) is 6.99. The lowest BCUT2D eigenvalue weighted by molar-refractivity contribution is 0.0706. The monoisotopic (exact) mass is 403 g/mol. The van der Waals surface area contributed by atoms with E-state index in [1.807, 2.05) is 29.1 Å². The summed E-state index contributed by atoms with van der Waals surface area (Å²) in [5.74, 6) is -0.663. The number of amides is 1. The normalized spacial score (nSPS) is 11.0. The maximum atomic E-state index is 12.8. The average molecular weight is 403 g/mol. The third kappa shape index (κ3) is 4.13. The Hall–Kier alpha value is -3.78. The van der Waals surface area contributed by atoms with Gasteiger partial charge in [0.05, 0.1) is 22.9 Å². The van der Waals surface area contributed by atoms with Crippen molar-refractivity contribution < 1.29 is 10.0 Å². The molecule has 0 unspecified atom stereocenters. The van der Waals surface area contributed by atoms with Gasteiger partial charge < -0.3 is 0 Å². The van der Waals surface area contributed by atoms with Gasteiger partial charge in [0.1, 0.15) is 0 Å². The van der Waals surface area contributed by atoms with Gasteiger partial charge in [0, 0.05) is 24.5 Å². The van der Waals surface area contributed by atoms with E-state index in [0.29, 0.717) is 17.4 Å². The molecule has 2 N–H and O–H groups in total. The number of aryl methyl sites for hydroxylation is 2. The van der Waals surface area contributed by atoms with Gasteiger partial charge in [-0.25, -0.2) is 15.1 Å². The first-order valence-corrected chi connectivity index (χ1v) is 9.68. The van der Waals surface area contributed by atoms with Gasteiger partial charge in [-0.1, -0.05) is 12.1 Å². The lowest BCUT2D eigenvalue weighted by Gasteiger charge is -2.08. The van der Waals surface area contributed by atoms with Crippen LogP contribution in [0.5, 0.6) is 0 Å². The van der Waals surface area contributed by atoms with Crippen LogP contribution in [0.15, 0.2) is 72.0 Å². The predicted octanol–water partition coefficient (Wildman–Crippen LogP) is 2.72. The van der Waals surface area contributed by atoms with E-state index < -0.39 is 5.91 Å². The predicted molar refractivity (Wildman–Crippen MR) is 112 cm³/mol. The number of nitrogens with one attached hydrogen (secondary N) is 1. The van der Waals surface area contributed by atoms with Gasteiger partial charge in [0.15, 0.2) is 0 Å². The smallest absolute Gasteiger partial charge is 0.274 e. The molecule has 2 aromatic heterocycles. The molecule has 152 valence electrons. The number of hydrogen-bond acceptors (Lipinski definition) is 5. The van der Waals surface area contributed by atoms with Crippen molar-refractivity contribution in [3.63, 3.8) is 0 Å². The minimum atomic E-state index is -0.663. The van der Waals surface area contributed by atoms with Crippen molar-refractivity contribution >= 4 is 16.8 Å². The lowest BCUT2D eigenvalue weighted by Crippen LogP contribution is -2.22. The number of carbonyl (C=O) groups is 1. The molecule has 8 nitrogen and oxygen atoms in total. The standard InChI is InChI=1S/C22H21N5O3/c28-21(25-30)17-8-9-20-19(14-17)22(29)26(15-23-20)11-2-1-5-16-6-3-7-18(13-16)27-12-4-10-24-27/h3-4,6-10,12-15,30H,1-2,5,11H2,(H,25,28). The van der Waals surface area contributed by atoms with Crippen molar-refractivity contribution in [3.05, 3.63) is 88.7 Å². The highest BCUT2D eigenvalue weighted by Crippen LogP contribution is 2.13. The molecule has 2 heterocycles. The number of benzene rings is 2. The Bertz CT molecular complexity index is 1230. The molecule has 2 aromatic carbocycles. The van der Waals surface area contributed by atoms with Crippen LogP contribution in [-0.2, 0) is 13.0 Å². The van der Waals surface area contributed by atoms with Gasteiger partial charge in [-0.2, -0.15) is 5.10 Å². The van der Waals surface area contributed by atoms with Crippen LogP contribution in [0.2, 0.25) is 0 Å². The van der Waals surface area contributed by atoms with Gasteiger partial charge in [-0.05, 0) is 61.2 Å². The van der Waals surface area contributed by atoms with Crippen LogP contribution in [0.25, 0.3) is 16.6 Å². The number of nitrogens with zero attached hydrogens (tertiary/aromatic N) is 4. The Morgan fingerprint density at radius 1 is 1.10 bits per heavy atom. The van der Waals surface area contributed by atoms with Crippen LogP contribution in [0.4, 0.5) is 0 Å². The van der Waals surface area contributed by atoms with E-state index >= 15 is 0 Å². The molecular weight excluding hydrogens is 382 g/mol. The Balaban J connectivity index is 1.42. The van der Waals surface area contributed by atoms with Crippen LogP contribution in [0, 0.1) is 0 Å². The molecule has 0 bridgehead atoms. The van der Waals surface area contributed by atoms with Gasteiger partial charge in [0.2, 0.25) is 0 Å². The summed E-state index contributed by atoms with van der Waals surface area (Å²) in [7, 11) is 0. The summed E-state index contributed by atoms with van der Waals surface area (Å²) in [4.78, 5) is 28.7. The van der Waals surface area contributed by atoms with E-state index in [1.165, 1.54) is 24.0 Å². The number of rotatable bonds is 7. The molecule has 8 heteroatoms. The molecule has 30 heavy (non-hydrogen) atoms. The quantitative estimate of drug-likeness (QED) is 0.281. The van der Waals surface area contributed by atoms with E-state index in [2.05, 4.69) is 22.2 Å². The van der Waals surface area contributed by atoms with Gasteiger partial charge in [-0.15, -0.1) is 0 Å². The topological polar surface area (TPSA) is 102 Å². The number of hydroxylamine groups is 1. The van der Waals surface area contributed by atoms with Crippen LogP contribution in [-0.4, -0.2) is 30.4 Å². The zero-order valence-electron chi connectivity index (χ0n) is 16.2. The molecule has 0 aliphatic heterocycles. The van der Waals surface area contributed by atoms with Crippen LogP contribution < -0.4 is 11.0 Å². The zero-order valence-corrected chi connectivity index (χ0v) is 16.2. The number of fused-ring (bicyclic) bond motifs is 1. The number of aromatic nitrogens is 4. The molecule has 1 amide bonds. The highest BCUT2D eigenvalue weighted by atomic mass is 16.5. The lowest BCUT2D eigenvalue weighted by atomic mass is 10.1. The summed E-state index contributed by atoms with van der Waals surface area (Å²) in [6.07, 6.45) is 7.82. The largest absolute Gasteiger partial charge is 0.299 e. The van der Waals surface area contributed by atoms with Crippen molar-refractivity contribution in [2.75, 3.05) is 0 Å². The molecule has 0 aliphatic carbocycles. The van der Waals surface area contributed by atoms with Crippen molar-refractivity contribution in [2.45, 2.75) is 25.8 Å². The molecule has 0 spiro atoms. The fraction of sp³-hybridized carbons (Fsp3) is 0.182. The summed E-state index contributed by atoms with van der Waals surface area (Å²) in [6.45, 7) is 0.539. The molecule has 4 aromatic rings. The Labute approximate surface area is 172 Å². The van der Waals surface area contributed by atoms with Gasteiger partial charge in [-0.3, -0.25) is 19.4 Å². The van der Waals surface area contributed by atoms with Crippen molar-refractivity contribution in [3.8, 4) is 5.69 Å². The van der Waals surface area contributed by atoms with E-state index in [0.717, 1.165) is 24.9 Å². The number of carbonyl (C=O) groups excluding carboxylic acids is 1. The Morgan fingerprint density at radius 3 is 2.80 bits per heavy atom. The van der Waals surface area contributed by atoms with Crippen LogP contribution >= 0.6 is 0 Å². The SMILES string of the molecule is O=C(NO)c1ccc2ncn(CCCCc3cccc(-n4cccn4)c3)c(=O)c2c1. The first-order valence-electron chi connectivity index (χ1n) is 9.68. The Kier molecular flexibility index (Phi) is 5.67. The van der Waals surface area contributed by atoms with E-state index in [9.17, 15) is 9.59 Å². The molecule has 0 radical (unpaired) electrons. The summed E-state index contributed by atoms with van der Waals surface area (Å²) in [6, 6.07) is 14.7. The van der Waals surface area contributed by atoms with E-state index in [-0.39, 0.29) is 11.1 Å². The van der Waals surface area contributed by atoms with E-state index in [4.69, 9.17) is 5.21 Å². The summed E-state index contributed by atoms with van der Waals surface area (Å²) < 4.78 is 3.39. The third-order valence-corrected chi connectivity index (χ3v) is 4.98. The highest BCUT2D eigenvalue weighted by Gasteiger charge is 2.09. The van der Waals surface area contributed by atoms with Crippen LogP contribution in [0.3, 0.4) is 0 Å². The van der Waals surface area contributed by atoms with Crippen LogP contribution in [0.1, 0.15) is 28.8 Å². The van der Waals surface area contributed by atoms with Crippen molar-refractivity contribution in [1.29, 1.82) is 0 Å². The number of unbranched alkanes of at least 4 members (excludes halogenated alkanes) is 1. The average Bonchev–Trinajstić information content (AvgIpc) is 3.32. The Morgan fingerprint density at radius 2 is 2.00 bits per heavy atom. The first kappa shape index (κ1) is 19.5. The van der Waals surface area contributed by atoms with E-state index in [1.54, 1.807) is 22.3 Å². The second-order valence-electron chi connectivity index (χ2n) is 6.99. The minimum Gasteiger partial charge on any atom is -0.299 e. The number of hydrogen-bond donors (Lipinski definition) is 2.